The molecule has 0 bridgehead atoms. The average Bonchev–Trinajstić information content (AvgIpc) is 2.69. The topological polar surface area (TPSA) is 131 Å². The Morgan fingerprint density at radius 2 is 1.10 bits per heavy atom. The van der Waals surface area contributed by atoms with Gasteiger partial charge in [0.15, 0.2) is 5.78 Å². The zero-order chi connectivity index (χ0) is 23.3. The van der Waals surface area contributed by atoms with Crippen LogP contribution in [0.3, 0.4) is 0 Å². The molecule has 0 aromatic rings. The molecule has 0 aliphatic carbocycles. The third-order valence-corrected chi connectivity index (χ3v) is 5.31. The lowest BCUT2D eigenvalue weighted by Crippen LogP contribution is -2.50. The second-order valence-electron chi connectivity index (χ2n) is 8.89. The number of nitrogens with zero attached hydrogens (tertiary/aromatic N) is 4. The van der Waals surface area contributed by atoms with Gasteiger partial charge in [0.1, 0.15) is 0 Å². The van der Waals surface area contributed by atoms with Crippen LogP contribution < -0.4 is 16.4 Å². The summed E-state index contributed by atoms with van der Waals surface area (Å²) in [5.41, 5.74) is 5.00. The summed E-state index contributed by atoms with van der Waals surface area (Å²) >= 11 is 0. The predicted molar refractivity (Wildman–Crippen MR) is 118 cm³/mol. The quantitative estimate of drug-likeness (QED) is 0.323. The number of nitrogens with two attached hydrogens (primary N) is 1. The lowest BCUT2D eigenvalue weighted by molar-refractivity contribution is -0.127. The minimum atomic E-state index is -0.429. The Labute approximate surface area is 185 Å². The summed E-state index contributed by atoms with van der Waals surface area (Å²) < 4.78 is 0. The standard InChI is InChI=1S/C20H39N7O4/c1-20(2,3)18(30)12-24-4-5-25(13-19(21)31)7-9-27(15-23-17-29)11-10-26(8-6-24)14-22-16-28/h16-17H,4-15H2,1-3H3,(H2,21,31)(H,22,28)(H,23,29). The largest absolute Gasteiger partial charge is 0.369 e. The van der Waals surface area contributed by atoms with Crippen LogP contribution in [0.2, 0.25) is 0 Å². The molecule has 0 aromatic carbocycles. The Morgan fingerprint density at radius 1 is 0.742 bits per heavy atom. The second-order valence-corrected chi connectivity index (χ2v) is 8.89. The first-order valence-corrected chi connectivity index (χ1v) is 10.7. The number of carbonyl (C=O) groups excluding carboxylic acids is 4. The summed E-state index contributed by atoms with van der Waals surface area (Å²) in [7, 11) is 0. The molecule has 178 valence electrons. The Balaban J connectivity index is 2.93. The smallest absolute Gasteiger partial charge is 0.231 e. The van der Waals surface area contributed by atoms with Crippen molar-refractivity contribution >= 4 is 24.5 Å². The van der Waals surface area contributed by atoms with Crippen LogP contribution in [0.1, 0.15) is 20.8 Å². The molecule has 1 fully saturated rings. The fraction of sp³-hybridized carbons (Fsp3) is 0.800. The second kappa shape index (κ2) is 14.1. The van der Waals surface area contributed by atoms with Crippen LogP contribution in [0, 0.1) is 5.41 Å². The molecule has 0 atom stereocenters. The van der Waals surface area contributed by atoms with Crippen molar-refractivity contribution in [1.29, 1.82) is 0 Å². The van der Waals surface area contributed by atoms with Gasteiger partial charge in [0.05, 0.1) is 26.4 Å². The molecule has 0 unspecified atom stereocenters. The molecule has 31 heavy (non-hydrogen) atoms. The number of ketones is 1. The number of hydrogen-bond acceptors (Lipinski definition) is 8. The summed E-state index contributed by atoms with van der Waals surface area (Å²) in [5, 5.41) is 5.39. The van der Waals surface area contributed by atoms with Gasteiger partial charge >= 0.3 is 0 Å². The molecule has 4 N–H and O–H groups in total. The van der Waals surface area contributed by atoms with Crippen LogP contribution >= 0.6 is 0 Å². The molecular weight excluding hydrogens is 402 g/mol. The van der Waals surface area contributed by atoms with E-state index in [4.69, 9.17) is 5.73 Å². The SMILES string of the molecule is CC(C)(C)C(=O)CN1CCN(CNC=O)CCN(CNC=O)CCN(CC(N)=O)CC1. The maximum absolute atomic E-state index is 12.6. The number of rotatable bonds is 10. The number of primary amides is 1. The maximum Gasteiger partial charge on any atom is 0.231 e. The molecule has 11 heteroatoms. The minimum absolute atomic E-state index is 0.144. The van der Waals surface area contributed by atoms with E-state index in [1.807, 2.05) is 25.7 Å². The normalized spacial score (nSPS) is 19.1. The maximum atomic E-state index is 12.6. The van der Waals surface area contributed by atoms with Gasteiger partial charge in [-0.1, -0.05) is 20.8 Å². The van der Waals surface area contributed by atoms with Crippen molar-refractivity contribution in [2.75, 3.05) is 78.8 Å². The Hall–Kier alpha value is -2.08. The fourth-order valence-corrected chi connectivity index (χ4v) is 3.20. The number of carbonyl (C=O) groups is 4. The van der Waals surface area contributed by atoms with Gasteiger partial charge in [-0.25, -0.2) is 0 Å². The highest BCUT2D eigenvalue weighted by atomic mass is 16.1. The Kier molecular flexibility index (Phi) is 12.2. The van der Waals surface area contributed by atoms with Crippen molar-refractivity contribution in [2.45, 2.75) is 20.8 Å². The average molecular weight is 442 g/mol. The van der Waals surface area contributed by atoms with Crippen molar-refractivity contribution in [3.8, 4) is 0 Å². The van der Waals surface area contributed by atoms with E-state index >= 15 is 0 Å². The van der Waals surface area contributed by atoms with Gasteiger partial charge in [-0.2, -0.15) is 0 Å². The van der Waals surface area contributed by atoms with Crippen molar-refractivity contribution < 1.29 is 19.2 Å². The van der Waals surface area contributed by atoms with Crippen molar-refractivity contribution in [1.82, 2.24) is 30.2 Å². The first kappa shape index (κ1) is 27.0. The molecule has 3 amide bonds. The lowest BCUT2D eigenvalue weighted by Gasteiger charge is -2.34. The molecule has 1 heterocycles. The van der Waals surface area contributed by atoms with Gasteiger partial charge < -0.3 is 16.4 Å². The van der Waals surface area contributed by atoms with Gasteiger partial charge in [0.2, 0.25) is 18.7 Å². The molecule has 0 aromatic heterocycles. The third-order valence-electron chi connectivity index (χ3n) is 5.31. The van der Waals surface area contributed by atoms with E-state index in [0.29, 0.717) is 85.1 Å². The first-order valence-electron chi connectivity index (χ1n) is 10.7. The van der Waals surface area contributed by atoms with E-state index in [9.17, 15) is 19.2 Å². The molecule has 0 spiro atoms. The van der Waals surface area contributed by atoms with E-state index in [0.717, 1.165) is 0 Å². The zero-order valence-electron chi connectivity index (χ0n) is 19.1. The molecule has 1 aliphatic heterocycles. The van der Waals surface area contributed by atoms with Gasteiger partial charge in [0.25, 0.3) is 0 Å². The van der Waals surface area contributed by atoms with Crippen LogP contribution in [-0.2, 0) is 19.2 Å². The highest BCUT2D eigenvalue weighted by molar-refractivity contribution is 5.85. The summed E-state index contributed by atoms with van der Waals surface area (Å²) in [6, 6.07) is 0. The predicted octanol–water partition coefficient (Wildman–Crippen LogP) is -2.28. The first-order chi connectivity index (χ1) is 14.7. The molecule has 1 aliphatic rings. The van der Waals surface area contributed by atoms with Crippen molar-refractivity contribution in [3.63, 3.8) is 0 Å². The van der Waals surface area contributed by atoms with E-state index in [1.165, 1.54) is 0 Å². The molecule has 1 saturated heterocycles. The molecule has 1 rings (SSSR count). The van der Waals surface area contributed by atoms with Gasteiger partial charge in [-0.05, 0) is 0 Å². The van der Waals surface area contributed by atoms with Crippen LogP contribution in [-0.4, -0.2) is 123 Å². The summed E-state index contributed by atoms with van der Waals surface area (Å²) in [6.45, 7) is 12.2. The Bertz CT molecular complexity index is 582. The fourth-order valence-electron chi connectivity index (χ4n) is 3.20. The van der Waals surface area contributed by atoms with Crippen LogP contribution in [0.4, 0.5) is 0 Å². The van der Waals surface area contributed by atoms with Crippen molar-refractivity contribution in [3.05, 3.63) is 0 Å². The molecular formula is C20H39N7O4. The zero-order valence-corrected chi connectivity index (χ0v) is 19.1. The highest BCUT2D eigenvalue weighted by Gasteiger charge is 2.24. The summed E-state index contributed by atoms with van der Waals surface area (Å²) in [4.78, 5) is 53.9. The van der Waals surface area contributed by atoms with E-state index < -0.39 is 11.3 Å². The number of hydrogen-bond donors (Lipinski definition) is 3. The lowest BCUT2D eigenvalue weighted by atomic mass is 9.90. The summed E-state index contributed by atoms with van der Waals surface area (Å²) in [5.74, 6) is -0.238. The van der Waals surface area contributed by atoms with Gasteiger partial charge in [0, 0.05) is 57.8 Å². The van der Waals surface area contributed by atoms with E-state index in [1.54, 1.807) is 0 Å². The van der Waals surface area contributed by atoms with Gasteiger partial charge in [-0.15, -0.1) is 0 Å². The summed E-state index contributed by atoms with van der Waals surface area (Å²) in [6.07, 6.45) is 1.33. The minimum Gasteiger partial charge on any atom is -0.369 e. The van der Waals surface area contributed by atoms with Crippen molar-refractivity contribution in [2.24, 2.45) is 11.1 Å². The van der Waals surface area contributed by atoms with E-state index in [2.05, 4.69) is 25.3 Å². The van der Waals surface area contributed by atoms with Gasteiger partial charge in [-0.3, -0.25) is 38.8 Å². The molecule has 0 saturated carbocycles. The highest BCUT2D eigenvalue weighted by Crippen LogP contribution is 2.15. The number of amides is 3. The monoisotopic (exact) mass is 441 g/mol. The van der Waals surface area contributed by atoms with Crippen LogP contribution in [0.15, 0.2) is 0 Å². The van der Waals surface area contributed by atoms with Crippen LogP contribution in [0.5, 0.6) is 0 Å². The Morgan fingerprint density at radius 3 is 1.42 bits per heavy atom. The molecule has 11 nitrogen and oxygen atoms in total. The number of Topliss-reactive ketones (excluding diaryl/α,β-unsaturated/α-hetero) is 1. The van der Waals surface area contributed by atoms with E-state index in [-0.39, 0.29) is 12.3 Å². The molecule has 0 radical (unpaired) electrons. The number of nitrogens with one attached hydrogen (secondary N) is 2. The third kappa shape index (κ3) is 11.8. The van der Waals surface area contributed by atoms with Crippen LogP contribution in [0.25, 0.3) is 0 Å².